The summed E-state index contributed by atoms with van der Waals surface area (Å²) in [4.78, 5) is 7.04. The van der Waals surface area contributed by atoms with Crippen molar-refractivity contribution in [3.63, 3.8) is 0 Å². The smallest absolute Gasteiger partial charge is 0.0921 e. The van der Waals surface area contributed by atoms with Crippen LogP contribution in [-0.2, 0) is 6.42 Å². The van der Waals surface area contributed by atoms with E-state index in [0.717, 1.165) is 25.1 Å². The molecule has 4 N–H and O–H groups in total. The van der Waals surface area contributed by atoms with E-state index in [1.54, 1.807) is 6.33 Å². The van der Waals surface area contributed by atoms with Crippen molar-refractivity contribution in [2.75, 3.05) is 6.54 Å². The van der Waals surface area contributed by atoms with Gasteiger partial charge in [0.1, 0.15) is 0 Å². The van der Waals surface area contributed by atoms with Crippen LogP contribution in [0.1, 0.15) is 12.1 Å². The van der Waals surface area contributed by atoms with Gasteiger partial charge in [0.15, 0.2) is 0 Å². The van der Waals surface area contributed by atoms with Crippen LogP contribution in [0.3, 0.4) is 0 Å². The first-order valence-electron chi connectivity index (χ1n) is 4.32. The Morgan fingerprint density at radius 3 is 3.17 bits per heavy atom. The maximum atomic E-state index is 5.90. The number of rotatable bonds is 2. The van der Waals surface area contributed by atoms with Crippen molar-refractivity contribution in [3.05, 3.63) is 18.2 Å². The van der Waals surface area contributed by atoms with Crippen LogP contribution in [0.4, 0.5) is 0 Å². The van der Waals surface area contributed by atoms with E-state index in [0.29, 0.717) is 12.1 Å². The Hall–Kier alpha value is -0.870. The van der Waals surface area contributed by atoms with Gasteiger partial charge in [-0.2, -0.15) is 0 Å². The molecule has 1 aliphatic heterocycles. The van der Waals surface area contributed by atoms with Gasteiger partial charge in [0, 0.05) is 30.4 Å². The first-order valence-corrected chi connectivity index (χ1v) is 4.32. The number of aromatic nitrogens is 2. The highest BCUT2D eigenvalue weighted by atomic mass is 15.0. The number of nitrogens with two attached hydrogens (primary N) is 1. The maximum absolute atomic E-state index is 5.90. The van der Waals surface area contributed by atoms with E-state index in [-0.39, 0.29) is 0 Å². The first kappa shape index (κ1) is 7.76. The number of nitrogens with one attached hydrogen (secondary N) is 2. The summed E-state index contributed by atoms with van der Waals surface area (Å²) in [6, 6.07) is 0.721. The SMILES string of the molecule is NC1CCN[C@H]1Cc1cnc[nH]1. The molecular weight excluding hydrogens is 152 g/mol. The molecule has 0 radical (unpaired) electrons. The highest BCUT2D eigenvalue weighted by molar-refractivity contribution is 5.01. The molecule has 1 aromatic heterocycles. The minimum absolute atomic E-state index is 0.299. The molecule has 2 heterocycles. The molecule has 12 heavy (non-hydrogen) atoms. The Morgan fingerprint density at radius 2 is 2.58 bits per heavy atom. The molecule has 0 saturated carbocycles. The normalized spacial score (nSPS) is 29.4. The molecule has 0 amide bonds. The highest BCUT2D eigenvalue weighted by Crippen LogP contribution is 2.08. The van der Waals surface area contributed by atoms with E-state index in [4.69, 9.17) is 5.73 Å². The minimum atomic E-state index is 0.299. The van der Waals surface area contributed by atoms with Crippen LogP contribution in [0, 0.1) is 0 Å². The summed E-state index contributed by atoms with van der Waals surface area (Å²) in [6.45, 7) is 1.04. The topological polar surface area (TPSA) is 66.7 Å². The van der Waals surface area contributed by atoms with Gasteiger partial charge in [0.2, 0.25) is 0 Å². The van der Waals surface area contributed by atoms with Gasteiger partial charge >= 0.3 is 0 Å². The van der Waals surface area contributed by atoms with E-state index < -0.39 is 0 Å². The Labute approximate surface area is 71.6 Å². The lowest BCUT2D eigenvalue weighted by molar-refractivity contribution is 0.534. The summed E-state index contributed by atoms with van der Waals surface area (Å²) >= 11 is 0. The molecule has 1 fully saturated rings. The van der Waals surface area contributed by atoms with E-state index in [1.165, 1.54) is 0 Å². The van der Waals surface area contributed by atoms with Gasteiger partial charge in [-0.25, -0.2) is 4.98 Å². The third-order valence-electron chi connectivity index (χ3n) is 2.40. The van der Waals surface area contributed by atoms with E-state index in [9.17, 15) is 0 Å². The largest absolute Gasteiger partial charge is 0.348 e. The van der Waals surface area contributed by atoms with E-state index >= 15 is 0 Å². The third kappa shape index (κ3) is 1.49. The fraction of sp³-hybridized carbons (Fsp3) is 0.625. The average molecular weight is 166 g/mol. The maximum Gasteiger partial charge on any atom is 0.0921 e. The summed E-state index contributed by atoms with van der Waals surface area (Å²) in [5.41, 5.74) is 7.06. The Kier molecular flexibility index (Phi) is 2.10. The van der Waals surface area contributed by atoms with Gasteiger partial charge in [-0.15, -0.1) is 0 Å². The van der Waals surface area contributed by atoms with Gasteiger partial charge < -0.3 is 16.0 Å². The van der Waals surface area contributed by atoms with Crippen molar-refractivity contribution < 1.29 is 0 Å². The van der Waals surface area contributed by atoms with Gasteiger partial charge in [0.25, 0.3) is 0 Å². The Morgan fingerprint density at radius 1 is 1.67 bits per heavy atom. The predicted octanol–water partition coefficient (Wildman–Crippen LogP) is -0.359. The summed E-state index contributed by atoms with van der Waals surface area (Å²) < 4.78 is 0. The zero-order chi connectivity index (χ0) is 8.39. The summed E-state index contributed by atoms with van der Waals surface area (Å²) in [7, 11) is 0. The lowest BCUT2D eigenvalue weighted by Gasteiger charge is -2.13. The molecule has 0 spiro atoms. The van der Waals surface area contributed by atoms with Crippen molar-refractivity contribution in [3.8, 4) is 0 Å². The second-order valence-corrected chi connectivity index (χ2v) is 3.29. The molecule has 4 nitrogen and oxygen atoms in total. The van der Waals surface area contributed by atoms with Crippen LogP contribution in [0.2, 0.25) is 0 Å². The summed E-state index contributed by atoms with van der Waals surface area (Å²) in [6.07, 6.45) is 5.60. The number of nitrogens with zero attached hydrogens (tertiary/aromatic N) is 1. The molecule has 0 aromatic carbocycles. The number of hydrogen-bond donors (Lipinski definition) is 3. The van der Waals surface area contributed by atoms with Crippen LogP contribution in [0.25, 0.3) is 0 Å². The van der Waals surface area contributed by atoms with E-state index in [1.807, 2.05) is 6.20 Å². The van der Waals surface area contributed by atoms with Crippen molar-refractivity contribution in [1.29, 1.82) is 0 Å². The summed E-state index contributed by atoms with van der Waals surface area (Å²) in [5, 5.41) is 3.37. The lowest BCUT2D eigenvalue weighted by Crippen LogP contribution is -2.37. The molecule has 1 unspecified atom stereocenters. The van der Waals surface area contributed by atoms with Crippen molar-refractivity contribution in [2.24, 2.45) is 5.73 Å². The van der Waals surface area contributed by atoms with Gasteiger partial charge in [-0.1, -0.05) is 0 Å². The lowest BCUT2D eigenvalue weighted by atomic mass is 10.1. The van der Waals surface area contributed by atoms with Crippen LogP contribution >= 0.6 is 0 Å². The molecule has 2 atom stereocenters. The van der Waals surface area contributed by atoms with Gasteiger partial charge in [-0.3, -0.25) is 0 Å². The fourth-order valence-corrected chi connectivity index (χ4v) is 1.64. The average Bonchev–Trinajstić information content (AvgIpc) is 2.65. The second-order valence-electron chi connectivity index (χ2n) is 3.29. The zero-order valence-corrected chi connectivity index (χ0v) is 6.96. The standard InChI is InChI=1S/C8H14N4/c9-7-1-2-11-8(7)3-6-4-10-5-12-6/h4-5,7-8,11H,1-3,9H2,(H,10,12)/t7?,8-/m0/s1. The van der Waals surface area contributed by atoms with Crippen LogP contribution in [0.15, 0.2) is 12.5 Å². The summed E-state index contributed by atoms with van der Waals surface area (Å²) in [5.74, 6) is 0. The molecular formula is C8H14N4. The van der Waals surface area contributed by atoms with Crippen LogP contribution in [-0.4, -0.2) is 28.6 Å². The fourth-order valence-electron chi connectivity index (χ4n) is 1.64. The zero-order valence-electron chi connectivity index (χ0n) is 6.96. The number of aromatic amines is 1. The number of imidazole rings is 1. The molecule has 1 aliphatic rings. The van der Waals surface area contributed by atoms with Gasteiger partial charge in [-0.05, 0) is 13.0 Å². The molecule has 0 aliphatic carbocycles. The monoisotopic (exact) mass is 166 g/mol. The Balaban J connectivity index is 1.95. The van der Waals surface area contributed by atoms with Gasteiger partial charge in [0.05, 0.1) is 6.33 Å². The van der Waals surface area contributed by atoms with Crippen molar-refractivity contribution in [2.45, 2.75) is 24.9 Å². The third-order valence-corrected chi connectivity index (χ3v) is 2.40. The second kappa shape index (κ2) is 3.25. The van der Waals surface area contributed by atoms with E-state index in [2.05, 4.69) is 15.3 Å². The molecule has 2 rings (SSSR count). The van der Waals surface area contributed by atoms with Crippen LogP contribution < -0.4 is 11.1 Å². The number of hydrogen-bond acceptors (Lipinski definition) is 3. The van der Waals surface area contributed by atoms with Crippen LogP contribution in [0.5, 0.6) is 0 Å². The minimum Gasteiger partial charge on any atom is -0.348 e. The van der Waals surface area contributed by atoms with Crippen molar-refractivity contribution in [1.82, 2.24) is 15.3 Å². The van der Waals surface area contributed by atoms with Crippen molar-refractivity contribution >= 4 is 0 Å². The first-order chi connectivity index (χ1) is 5.86. The Bertz CT molecular complexity index is 231. The quantitative estimate of drug-likeness (QED) is 0.562. The highest BCUT2D eigenvalue weighted by Gasteiger charge is 2.23. The predicted molar refractivity (Wildman–Crippen MR) is 46.7 cm³/mol. The molecule has 4 heteroatoms. The molecule has 66 valence electrons. The number of H-pyrrole nitrogens is 1. The molecule has 0 bridgehead atoms. The molecule has 1 aromatic rings. The molecule has 1 saturated heterocycles.